The molecule has 6 rings (SSSR count). The molecule has 2 aromatic carbocycles. The highest BCUT2D eigenvalue weighted by Gasteiger charge is 2.76. The number of phenolic OH excluding ortho intramolecular Hbond substituents is 1. The van der Waals surface area contributed by atoms with Crippen LogP contribution in [-0.4, -0.2) is 53.7 Å². The van der Waals surface area contributed by atoms with Crippen LogP contribution >= 0.6 is 39.1 Å². The van der Waals surface area contributed by atoms with Crippen molar-refractivity contribution in [3.8, 4) is 5.75 Å². The predicted octanol–water partition coefficient (Wildman–Crippen LogP) is 4.30. The maximum atomic E-state index is 13.8. The molecule has 7 nitrogen and oxygen atoms in total. The van der Waals surface area contributed by atoms with Gasteiger partial charge in [0.05, 0.1) is 23.8 Å². The third-order valence-corrected chi connectivity index (χ3v) is 10.4. The normalized spacial score (nSPS) is 34.2. The van der Waals surface area contributed by atoms with Crippen LogP contribution in [0.15, 0.2) is 66.2 Å². The minimum atomic E-state index is -1.88. The molecule has 0 spiro atoms. The summed E-state index contributed by atoms with van der Waals surface area (Å²) in [6.07, 6.45) is 2.12. The SMILES string of the molecule is O=C1C2CC=C3C(CC4(Cl)C(=O)N(CBr)C(=O)C4(Cl)C3c3cccc(O)c3)C2C(=O)N1Cc1ccccc1. The van der Waals surface area contributed by atoms with Crippen LogP contribution in [0.1, 0.15) is 29.9 Å². The van der Waals surface area contributed by atoms with Gasteiger partial charge in [-0.05, 0) is 42.0 Å². The average Bonchev–Trinajstić information content (AvgIpc) is 3.22. The molecule has 6 atom stereocenters. The lowest BCUT2D eigenvalue weighted by atomic mass is 9.56. The molecule has 3 fully saturated rings. The number of fused-ring (bicyclic) bond motifs is 4. The molecule has 2 heterocycles. The van der Waals surface area contributed by atoms with Crippen LogP contribution in [0.4, 0.5) is 0 Å². The highest BCUT2D eigenvalue weighted by atomic mass is 79.9. The van der Waals surface area contributed by atoms with Crippen LogP contribution in [0.5, 0.6) is 5.75 Å². The number of aromatic hydroxyl groups is 1. The number of alkyl halides is 3. The minimum absolute atomic E-state index is 0.0328. The number of hydrogen-bond donors (Lipinski definition) is 1. The molecular weight excluding hydrogens is 595 g/mol. The van der Waals surface area contributed by atoms with Crippen LogP contribution in [0, 0.1) is 17.8 Å². The Kier molecular flexibility index (Phi) is 6.01. The van der Waals surface area contributed by atoms with Crippen molar-refractivity contribution in [1.82, 2.24) is 9.80 Å². The second-order valence-electron chi connectivity index (χ2n) is 10.3. The summed E-state index contributed by atoms with van der Waals surface area (Å²) in [5.41, 5.74) is 1.96. The van der Waals surface area contributed by atoms with Crippen LogP contribution in [0.25, 0.3) is 0 Å². The second-order valence-corrected chi connectivity index (χ2v) is 12.1. The van der Waals surface area contributed by atoms with Crippen molar-refractivity contribution in [2.24, 2.45) is 17.8 Å². The van der Waals surface area contributed by atoms with Gasteiger partial charge in [-0.2, -0.15) is 0 Å². The van der Waals surface area contributed by atoms with Crippen molar-refractivity contribution in [3.63, 3.8) is 0 Å². The van der Waals surface area contributed by atoms with E-state index in [0.717, 1.165) is 10.5 Å². The number of hydrogen-bond acceptors (Lipinski definition) is 5. The minimum Gasteiger partial charge on any atom is -0.508 e. The molecule has 4 amide bonds. The summed E-state index contributed by atoms with van der Waals surface area (Å²) >= 11 is 17.5. The van der Waals surface area contributed by atoms with Gasteiger partial charge in [0.1, 0.15) is 5.75 Å². The lowest BCUT2D eigenvalue weighted by Gasteiger charge is -2.50. The fourth-order valence-corrected chi connectivity index (χ4v) is 8.24. The Morgan fingerprint density at radius 2 is 1.66 bits per heavy atom. The first-order valence-electron chi connectivity index (χ1n) is 12.3. The molecule has 1 saturated carbocycles. The summed E-state index contributed by atoms with van der Waals surface area (Å²) in [5, 5.41) is 10.3. The van der Waals surface area contributed by atoms with Crippen molar-refractivity contribution in [1.29, 1.82) is 0 Å². The number of carbonyl (C=O) groups excluding carboxylic acids is 4. The summed E-state index contributed by atoms with van der Waals surface area (Å²) in [6.45, 7) is 0.157. The maximum Gasteiger partial charge on any atom is 0.254 e. The van der Waals surface area contributed by atoms with Crippen molar-refractivity contribution in [2.75, 3.05) is 5.45 Å². The van der Waals surface area contributed by atoms with E-state index in [0.29, 0.717) is 17.6 Å². The molecule has 0 aromatic heterocycles. The zero-order valence-electron chi connectivity index (χ0n) is 20.0. The molecule has 2 saturated heterocycles. The van der Waals surface area contributed by atoms with Gasteiger partial charge in [-0.15, -0.1) is 23.2 Å². The van der Waals surface area contributed by atoms with Gasteiger partial charge in [-0.25, -0.2) is 0 Å². The van der Waals surface area contributed by atoms with Crippen LogP contribution in [0.2, 0.25) is 0 Å². The molecule has 2 aliphatic carbocycles. The smallest absolute Gasteiger partial charge is 0.254 e. The number of rotatable bonds is 4. The van der Waals surface area contributed by atoms with Crippen LogP contribution < -0.4 is 0 Å². The van der Waals surface area contributed by atoms with Gasteiger partial charge in [-0.1, -0.05) is 70.0 Å². The van der Waals surface area contributed by atoms with E-state index < -0.39 is 45.2 Å². The largest absolute Gasteiger partial charge is 0.508 e. The third-order valence-electron chi connectivity index (χ3n) is 8.49. The van der Waals surface area contributed by atoms with Crippen LogP contribution in [0.3, 0.4) is 0 Å². The van der Waals surface area contributed by atoms with Gasteiger partial charge in [0.2, 0.25) is 11.8 Å². The topological polar surface area (TPSA) is 95.0 Å². The first kappa shape index (κ1) is 25.6. The number of likely N-dealkylation sites (tertiary alicyclic amines) is 2. The van der Waals surface area contributed by atoms with Gasteiger partial charge >= 0.3 is 0 Å². The van der Waals surface area contributed by atoms with E-state index in [1.165, 1.54) is 17.0 Å². The van der Waals surface area contributed by atoms with E-state index in [2.05, 4.69) is 15.9 Å². The summed E-state index contributed by atoms with van der Waals surface area (Å²) in [7, 11) is 0. The Morgan fingerprint density at radius 1 is 0.921 bits per heavy atom. The van der Waals surface area contributed by atoms with Crippen LogP contribution in [-0.2, 0) is 25.7 Å². The Bertz CT molecular complexity index is 1420. The summed E-state index contributed by atoms with van der Waals surface area (Å²) in [6, 6.07) is 15.6. The number of carbonyl (C=O) groups is 4. The number of allylic oxidation sites excluding steroid dienone is 2. The highest BCUT2D eigenvalue weighted by molar-refractivity contribution is 9.09. The van der Waals surface area contributed by atoms with Crippen molar-refractivity contribution in [2.45, 2.75) is 35.1 Å². The molecule has 2 aliphatic heterocycles. The molecule has 196 valence electrons. The number of benzene rings is 2. The Morgan fingerprint density at radius 3 is 2.34 bits per heavy atom. The van der Waals surface area contributed by atoms with Crippen molar-refractivity contribution in [3.05, 3.63) is 77.4 Å². The first-order valence-corrected chi connectivity index (χ1v) is 14.2. The van der Waals surface area contributed by atoms with E-state index in [1.54, 1.807) is 12.1 Å². The van der Waals surface area contributed by atoms with Crippen molar-refractivity contribution >= 4 is 62.8 Å². The zero-order valence-corrected chi connectivity index (χ0v) is 23.1. The number of amides is 4. The van der Waals surface area contributed by atoms with Crippen molar-refractivity contribution < 1.29 is 24.3 Å². The standard InChI is InChI=1S/C28H23BrCl2N2O5/c29-14-33-25(37)27(30)12-20-18(22(28(27,31)26(33)38)16-7-4-8-17(34)11-16)9-10-19-21(20)24(36)32(23(19)35)13-15-5-2-1-3-6-15/h1-9,11,19-22,34H,10,12-14H2. The monoisotopic (exact) mass is 616 g/mol. The predicted molar refractivity (Wildman–Crippen MR) is 143 cm³/mol. The molecule has 38 heavy (non-hydrogen) atoms. The zero-order chi connectivity index (χ0) is 27.0. The number of phenols is 1. The quantitative estimate of drug-likeness (QED) is 0.239. The average molecular weight is 618 g/mol. The summed E-state index contributed by atoms with van der Waals surface area (Å²) in [5.74, 6) is -4.67. The summed E-state index contributed by atoms with van der Waals surface area (Å²) < 4.78 is 0. The van der Waals surface area contributed by atoms with E-state index in [1.807, 2.05) is 36.4 Å². The van der Waals surface area contributed by atoms with E-state index in [9.17, 15) is 24.3 Å². The maximum absolute atomic E-state index is 13.8. The fourth-order valence-electron chi connectivity index (χ4n) is 6.82. The second kappa shape index (κ2) is 8.93. The van der Waals surface area contributed by atoms with E-state index in [-0.39, 0.29) is 36.0 Å². The molecule has 0 radical (unpaired) electrons. The van der Waals surface area contributed by atoms with Gasteiger partial charge in [0.15, 0.2) is 9.75 Å². The lowest BCUT2D eigenvalue weighted by Crippen LogP contribution is -2.60. The molecule has 0 bridgehead atoms. The Balaban J connectivity index is 1.48. The molecule has 6 unspecified atom stereocenters. The van der Waals surface area contributed by atoms with E-state index in [4.69, 9.17) is 23.2 Å². The highest BCUT2D eigenvalue weighted by Crippen LogP contribution is 2.65. The number of nitrogens with zero attached hydrogens (tertiary/aromatic N) is 2. The molecular formula is C28H23BrCl2N2O5. The Hall–Kier alpha value is -2.68. The van der Waals surface area contributed by atoms with Gasteiger partial charge < -0.3 is 5.11 Å². The number of halogens is 3. The van der Waals surface area contributed by atoms with Gasteiger partial charge in [0.25, 0.3) is 11.8 Å². The third kappa shape index (κ3) is 3.32. The summed E-state index contributed by atoms with van der Waals surface area (Å²) in [4.78, 5) is 53.1. The Labute approximate surface area is 237 Å². The van der Waals surface area contributed by atoms with E-state index >= 15 is 0 Å². The molecule has 4 aliphatic rings. The number of imide groups is 2. The fraction of sp³-hybridized carbons (Fsp3) is 0.357. The molecule has 10 heteroatoms. The molecule has 1 N–H and O–H groups in total. The first-order chi connectivity index (χ1) is 18.1. The lowest BCUT2D eigenvalue weighted by molar-refractivity contribution is -0.141. The van der Waals surface area contributed by atoms with Gasteiger partial charge in [0, 0.05) is 5.92 Å². The molecule has 2 aromatic rings. The van der Waals surface area contributed by atoms with Gasteiger partial charge in [-0.3, -0.25) is 29.0 Å².